The normalized spacial score (nSPS) is 22.8. The molecule has 0 radical (unpaired) electrons. The molecule has 5 atom stereocenters. The van der Waals surface area contributed by atoms with E-state index in [4.69, 9.17) is 0 Å². The molecule has 2 fully saturated rings. The lowest BCUT2D eigenvalue weighted by Gasteiger charge is -2.32. The fraction of sp³-hybridized carbons (Fsp3) is 0.520. The molecule has 4 rings (SSSR count). The van der Waals surface area contributed by atoms with Crippen LogP contribution in [0.3, 0.4) is 0 Å². The average Bonchev–Trinajstić information content (AvgIpc) is 3.45. The molecule has 2 unspecified atom stereocenters. The molecule has 0 spiro atoms. The predicted molar refractivity (Wildman–Crippen MR) is 125 cm³/mol. The van der Waals surface area contributed by atoms with Crippen molar-refractivity contribution in [2.45, 2.75) is 57.4 Å². The van der Waals surface area contributed by atoms with Crippen LogP contribution >= 0.6 is 0 Å². The molecule has 3 amide bonds. The molecule has 1 saturated carbocycles. The summed E-state index contributed by atoms with van der Waals surface area (Å²) in [5.41, 5.74) is 0.987. The molecule has 0 bridgehead atoms. The van der Waals surface area contributed by atoms with Crippen LogP contribution in [0.15, 0.2) is 30.5 Å². The first kappa shape index (κ1) is 26.3. The Bertz CT molecular complexity index is 1240. The van der Waals surface area contributed by atoms with Crippen molar-refractivity contribution in [2.24, 2.45) is 17.8 Å². The van der Waals surface area contributed by atoms with E-state index in [1.54, 1.807) is 29.6 Å². The van der Waals surface area contributed by atoms with Crippen molar-refractivity contribution in [3.05, 3.63) is 36.0 Å². The van der Waals surface area contributed by atoms with Gasteiger partial charge in [0.25, 0.3) is 0 Å². The van der Waals surface area contributed by atoms with Gasteiger partial charge in [0.2, 0.25) is 11.8 Å². The summed E-state index contributed by atoms with van der Waals surface area (Å²) in [6.45, 7) is 3.25. The Hall–Kier alpha value is -3.75. The largest absolute Gasteiger partial charge is 0.471 e. The molecule has 2 heterocycles. The highest BCUT2D eigenvalue weighted by molar-refractivity contribution is 5.94. The van der Waals surface area contributed by atoms with Crippen molar-refractivity contribution in [2.75, 3.05) is 6.54 Å². The van der Waals surface area contributed by atoms with Gasteiger partial charge in [0.15, 0.2) is 0 Å². The van der Waals surface area contributed by atoms with E-state index >= 15 is 0 Å². The minimum Gasteiger partial charge on any atom is -0.336 e. The Kier molecular flexibility index (Phi) is 7.34. The Morgan fingerprint density at radius 3 is 2.57 bits per heavy atom. The van der Waals surface area contributed by atoms with Crippen molar-refractivity contribution < 1.29 is 27.6 Å². The lowest BCUT2D eigenvalue weighted by Crippen LogP contribution is -2.57. The van der Waals surface area contributed by atoms with Crippen LogP contribution in [0.25, 0.3) is 10.9 Å². The zero-order chi connectivity index (χ0) is 26.9. The molecular weight excluding hydrogens is 489 g/mol. The number of amides is 3. The van der Waals surface area contributed by atoms with Gasteiger partial charge in [-0.1, -0.05) is 38.5 Å². The molecule has 12 heteroatoms. The molecule has 2 aromatic rings. The summed E-state index contributed by atoms with van der Waals surface area (Å²) in [5.74, 6) is -4.35. The number of nitrogens with one attached hydrogen (secondary N) is 2. The standard InChI is InChI=1S/C25H27F3N6O3/c1-13(2)20(32-24(37)25(26,27)28)23(36)34-12-14-6-5-8-15(14)21(34)22(35)31-19(10-29)17-11-30-33-18-9-4-3-7-16(17)18/h3-4,7,9,11,13-15,19-21H,5-6,8,12H2,1-2H3,(H,31,35)(H,32,37)/t14-,15-,19?,20?,21-/m0/s1. The van der Waals surface area contributed by atoms with Gasteiger partial charge in [-0.2, -0.15) is 28.6 Å². The number of aromatic nitrogens is 2. The Morgan fingerprint density at radius 1 is 1.16 bits per heavy atom. The van der Waals surface area contributed by atoms with Crippen molar-refractivity contribution in [3.8, 4) is 6.07 Å². The number of hydrogen-bond acceptors (Lipinski definition) is 6. The number of hydrogen-bond donors (Lipinski definition) is 2. The van der Waals surface area contributed by atoms with E-state index in [2.05, 4.69) is 21.6 Å². The van der Waals surface area contributed by atoms with Crippen LogP contribution in [-0.4, -0.2) is 57.6 Å². The third-order valence-electron chi connectivity index (χ3n) is 7.22. The van der Waals surface area contributed by atoms with Gasteiger partial charge < -0.3 is 15.5 Å². The summed E-state index contributed by atoms with van der Waals surface area (Å²) in [6.07, 6.45) is -1.44. The van der Waals surface area contributed by atoms with Crippen LogP contribution in [-0.2, 0) is 14.4 Å². The predicted octanol–water partition coefficient (Wildman–Crippen LogP) is 2.64. The van der Waals surface area contributed by atoms with Crippen LogP contribution in [0.1, 0.15) is 44.7 Å². The Labute approximate surface area is 211 Å². The lowest BCUT2D eigenvalue weighted by atomic mass is 9.92. The summed E-state index contributed by atoms with van der Waals surface area (Å²) < 4.78 is 38.8. The van der Waals surface area contributed by atoms with Gasteiger partial charge in [-0.15, -0.1) is 0 Å². The Balaban J connectivity index is 1.61. The first-order valence-corrected chi connectivity index (χ1v) is 12.1. The first-order chi connectivity index (χ1) is 17.5. The minimum atomic E-state index is -5.15. The van der Waals surface area contributed by atoms with Gasteiger partial charge in [0.1, 0.15) is 18.1 Å². The zero-order valence-electron chi connectivity index (χ0n) is 20.3. The van der Waals surface area contributed by atoms with Crippen LogP contribution in [0.5, 0.6) is 0 Å². The van der Waals surface area contributed by atoms with Gasteiger partial charge in [-0.05, 0) is 36.7 Å². The smallest absolute Gasteiger partial charge is 0.336 e. The molecule has 1 aromatic carbocycles. The van der Waals surface area contributed by atoms with Gasteiger partial charge in [-0.3, -0.25) is 14.4 Å². The molecule has 196 valence electrons. The van der Waals surface area contributed by atoms with Crippen LogP contribution < -0.4 is 10.6 Å². The molecule has 1 saturated heterocycles. The van der Waals surface area contributed by atoms with Crippen LogP contribution in [0.2, 0.25) is 0 Å². The number of carbonyl (C=O) groups excluding carboxylic acids is 3. The van der Waals surface area contributed by atoms with Crippen LogP contribution in [0, 0.1) is 29.1 Å². The molecule has 2 aliphatic rings. The second-order valence-electron chi connectivity index (χ2n) is 9.87. The molecular formula is C25H27F3N6O3. The fourth-order valence-corrected chi connectivity index (χ4v) is 5.45. The number of likely N-dealkylation sites (tertiary alicyclic amines) is 1. The number of rotatable bonds is 6. The minimum absolute atomic E-state index is 0.00906. The molecule has 1 aromatic heterocycles. The van der Waals surface area contributed by atoms with E-state index in [-0.39, 0.29) is 18.4 Å². The SMILES string of the molecule is CC(C)C(NC(=O)C(F)(F)F)C(=O)N1C[C@@H]2CCC[C@@H]2[C@H]1C(=O)NC(C#N)c1cnnc2ccccc12. The van der Waals surface area contributed by atoms with Gasteiger partial charge in [0, 0.05) is 17.5 Å². The van der Waals surface area contributed by atoms with Crippen LogP contribution in [0.4, 0.5) is 13.2 Å². The summed E-state index contributed by atoms with van der Waals surface area (Å²) >= 11 is 0. The maximum absolute atomic E-state index is 13.6. The third kappa shape index (κ3) is 5.21. The molecule has 1 aliphatic heterocycles. The van der Waals surface area contributed by atoms with Crippen molar-refractivity contribution in [3.63, 3.8) is 0 Å². The third-order valence-corrected chi connectivity index (χ3v) is 7.22. The summed E-state index contributed by atoms with van der Waals surface area (Å²) in [6, 6.07) is 5.57. The number of benzene rings is 1. The monoisotopic (exact) mass is 516 g/mol. The maximum Gasteiger partial charge on any atom is 0.471 e. The van der Waals surface area contributed by atoms with Crippen molar-refractivity contribution >= 4 is 28.6 Å². The van der Waals surface area contributed by atoms with Gasteiger partial charge in [0.05, 0.1) is 17.8 Å². The highest BCUT2D eigenvalue weighted by atomic mass is 19.4. The number of carbonyl (C=O) groups is 3. The van der Waals surface area contributed by atoms with E-state index in [1.807, 2.05) is 0 Å². The summed E-state index contributed by atoms with van der Waals surface area (Å²) in [7, 11) is 0. The molecule has 9 nitrogen and oxygen atoms in total. The lowest BCUT2D eigenvalue weighted by molar-refractivity contribution is -0.175. The second kappa shape index (κ2) is 10.3. The highest BCUT2D eigenvalue weighted by Crippen LogP contribution is 2.43. The number of alkyl halides is 3. The summed E-state index contributed by atoms with van der Waals surface area (Å²) in [4.78, 5) is 40.0. The van der Waals surface area contributed by atoms with Gasteiger partial charge in [-0.25, -0.2) is 0 Å². The molecule has 37 heavy (non-hydrogen) atoms. The topological polar surface area (TPSA) is 128 Å². The van der Waals surface area contributed by atoms with Gasteiger partial charge >= 0.3 is 12.1 Å². The van der Waals surface area contributed by atoms with Crippen molar-refractivity contribution in [1.29, 1.82) is 5.26 Å². The Morgan fingerprint density at radius 2 is 1.89 bits per heavy atom. The van der Waals surface area contributed by atoms with E-state index in [1.165, 1.54) is 24.9 Å². The fourth-order valence-electron chi connectivity index (χ4n) is 5.45. The summed E-state index contributed by atoms with van der Waals surface area (Å²) in [5, 5.41) is 23.0. The van der Waals surface area contributed by atoms with E-state index in [0.29, 0.717) is 22.9 Å². The quantitative estimate of drug-likeness (QED) is 0.608. The number of nitrogens with zero attached hydrogens (tertiary/aromatic N) is 4. The number of halogens is 3. The van der Waals surface area contributed by atoms with E-state index < -0.39 is 47.9 Å². The highest BCUT2D eigenvalue weighted by Gasteiger charge is 2.51. The van der Waals surface area contributed by atoms with E-state index in [0.717, 1.165) is 12.8 Å². The van der Waals surface area contributed by atoms with Crippen molar-refractivity contribution in [1.82, 2.24) is 25.7 Å². The first-order valence-electron chi connectivity index (χ1n) is 12.1. The average molecular weight is 517 g/mol. The maximum atomic E-state index is 13.6. The van der Waals surface area contributed by atoms with E-state index in [9.17, 15) is 32.8 Å². The zero-order valence-corrected chi connectivity index (χ0v) is 20.3. The number of fused-ring (bicyclic) bond motifs is 2. The molecule has 2 N–H and O–H groups in total. The number of nitriles is 1. The molecule has 1 aliphatic carbocycles. The second-order valence-corrected chi connectivity index (χ2v) is 9.87.